The van der Waals surface area contributed by atoms with Crippen LogP contribution in [0.1, 0.15) is 23.1 Å². The van der Waals surface area contributed by atoms with Crippen LogP contribution in [0.2, 0.25) is 0 Å². The lowest BCUT2D eigenvalue weighted by Crippen LogP contribution is -2.36. The van der Waals surface area contributed by atoms with E-state index in [4.69, 9.17) is 4.74 Å². The third-order valence-electron chi connectivity index (χ3n) is 3.42. The molecule has 2 heterocycles. The maximum absolute atomic E-state index is 13.5. The molecule has 0 N–H and O–H groups in total. The van der Waals surface area contributed by atoms with Gasteiger partial charge in [0.1, 0.15) is 18.0 Å². The van der Waals surface area contributed by atoms with Gasteiger partial charge in [-0.05, 0) is 29.8 Å². The van der Waals surface area contributed by atoms with Crippen molar-refractivity contribution >= 4 is 12.0 Å². The number of amides is 1. The summed E-state index contributed by atoms with van der Waals surface area (Å²) >= 11 is 0. The fourth-order valence-electron chi connectivity index (χ4n) is 2.40. The number of hydrogen-bond donors (Lipinski definition) is 0. The summed E-state index contributed by atoms with van der Waals surface area (Å²) in [4.78, 5) is 25.7. The smallest absolute Gasteiger partial charge is 0.435 e. The SMILES string of the molecule is CCOC(=O)n1nc[n+]2c1CN([11CH3])C(=O)c1cc(F)ccc1-2. The first-order chi connectivity index (χ1) is 10.5. The van der Waals surface area contributed by atoms with E-state index in [1.807, 2.05) is 0 Å². The van der Waals surface area contributed by atoms with E-state index in [9.17, 15) is 14.0 Å². The highest BCUT2D eigenvalue weighted by atomic mass is 19.1. The van der Waals surface area contributed by atoms with Gasteiger partial charge in [-0.25, -0.2) is 9.18 Å². The molecule has 0 unspecified atom stereocenters. The lowest BCUT2D eigenvalue weighted by atomic mass is 10.1. The highest BCUT2D eigenvalue weighted by Gasteiger charge is 2.34. The predicted octanol–water partition coefficient (Wildman–Crippen LogP) is 0.889. The van der Waals surface area contributed by atoms with Crippen molar-refractivity contribution in [2.45, 2.75) is 13.5 Å². The molecule has 1 amide bonds. The number of carbonyl (C=O) groups excluding carboxylic acids is 2. The van der Waals surface area contributed by atoms with Crippen LogP contribution in [0.5, 0.6) is 0 Å². The molecular formula is C14H14FN4O3+. The number of carbonyl (C=O) groups is 2. The van der Waals surface area contributed by atoms with Crippen LogP contribution < -0.4 is 4.57 Å². The highest BCUT2D eigenvalue weighted by Crippen LogP contribution is 2.18. The monoisotopic (exact) mass is 304 g/mol. The van der Waals surface area contributed by atoms with E-state index in [0.29, 0.717) is 11.5 Å². The van der Waals surface area contributed by atoms with Gasteiger partial charge in [0.15, 0.2) is 0 Å². The van der Waals surface area contributed by atoms with Crippen LogP contribution in [0.25, 0.3) is 5.69 Å². The summed E-state index contributed by atoms with van der Waals surface area (Å²) in [6, 6.07) is 3.93. The fourth-order valence-corrected chi connectivity index (χ4v) is 2.40. The standard InChI is InChI=1S/C14H14FN4O3/c1-3-22-14(21)19-12-7-17(2)13(20)10-6-9(15)4-5-11(10)18(12)8-16-19/h4-6,8H,3,7H2,1-2H3/q+1/i2-1. The molecule has 0 fully saturated rings. The first-order valence-corrected chi connectivity index (χ1v) is 6.74. The number of halogens is 1. The normalized spacial score (nSPS) is 13.4. The first-order valence-electron chi connectivity index (χ1n) is 6.74. The van der Waals surface area contributed by atoms with Crippen molar-refractivity contribution in [1.82, 2.24) is 14.7 Å². The van der Waals surface area contributed by atoms with Crippen molar-refractivity contribution in [3.63, 3.8) is 0 Å². The summed E-state index contributed by atoms with van der Waals surface area (Å²) < 4.78 is 21.1. The van der Waals surface area contributed by atoms with E-state index in [2.05, 4.69) is 5.10 Å². The Morgan fingerprint density at radius 1 is 1.50 bits per heavy atom. The number of fused-ring (bicyclic) bond motifs is 3. The molecule has 7 nitrogen and oxygen atoms in total. The topological polar surface area (TPSA) is 68.3 Å². The Morgan fingerprint density at radius 3 is 3.00 bits per heavy atom. The van der Waals surface area contributed by atoms with E-state index in [1.54, 1.807) is 18.5 Å². The Bertz CT molecular complexity index is 771. The summed E-state index contributed by atoms with van der Waals surface area (Å²) in [5.41, 5.74) is 0.691. The molecule has 0 bridgehead atoms. The van der Waals surface area contributed by atoms with Crippen LogP contribution >= 0.6 is 0 Å². The molecule has 0 saturated heterocycles. The zero-order valence-electron chi connectivity index (χ0n) is 12.1. The minimum atomic E-state index is -0.623. The van der Waals surface area contributed by atoms with Gasteiger partial charge in [-0.1, -0.05) is 0 Å². The number of benzene rings is 1. The van der Waals surface area contributed by atoms with Gasteiger partial charge in [0, 0.05) is 12.1 Å². The molecule has 3 rings (SSSR count). The molecule has 2 aromatic rings. The van der Waals surface area contributed by atoms with Gasteiger partial charge in [-0.15, -0.1) is 0 Å². The molecule has 1 aliphatic heterocycles. The zero-order chi connectivity index (χ0) is 15.9. The lowest BCUT2D eigenvalue weighted by Gasteiger charge is -2.12. The van der Waals surface area contributed by atoms with Gasteiger partial charge in [0.05, 0.1) is 12.2 Å². The summed E-state index contributed by atoms with van der Waals surface area (Å²) in [5, 5.41) is 4.01. The molecule has 8 heteroatoms. The van der Waals surface area contributed by atoms with E-state index < -0.39 is 11.9 Å². The molecule has 0 atom stereocenters. The number of ether oxygens (including phenoxy) is 1. The summed E-state index contributed by atoms with van der Waals surface area (Å²) in [7, 11) is 1.58. The van der Waals surface area contributed by atoms with Gasteiger partial charge in [0.25, 0.3) is 18.1 Å². The van der Waals surface area contributed by atoms with Crippen LogP contribution in [0.4, 0.5) is 9.18 Å². The largest absolute Gasteiger partial charge is 0.513 e. The molecule has 22 heavy (non-hydrogen) atoms. The molecular weight excluding hydrogens is 290 g/mol. The van der Waals surface area contributed by atoms with Crippen LogP contribution in [-0.2, 0) is 11.3 Å². The molecule has 0 aliphatic carbocycles. The second kappa shape index (κ2) is 5.21. The third kappa shape index (κ3) is 2.12. The zero-order valence-corrected chi connectivity index (χ0v) is 12.1. The Hall–Kier alpha value is -2.77. The van der Waals surface area contributed by atoms with Gasteiger partial charge >= 0.3 is 6.09 Å². The number of aromatic nitrogens is 3. The highest BCUT2D eigenvalue weighted by molar-refractivity contribution is 5.97. The molecule has 1 aromatic carbocycles. The van der Waals surface area contributed by atoms with Crippen molar-refractivity contribution in [3.05, 3.63) is 41.7 Å². The first kappa shape index (κ1) is 14.2. The lowest BCUT2D eigenvalue weighted by molar-refractivity contribution is -0.605. The summed E-state index contributed by atoms with van der Waals surface area (Å²) in [6.07, 6.45) is 0.790. The number of nitrogens with zero attached hydrogens (tertiary/aromatic N) is 4. The average molecular weight is 304 g/mol. The van der Waals surface area contributed by atoms with E-state index >= 15 is 0 Å². The van der Waals surface area contributed by atoms with Crippen LogP contribution in [0.3, 0.4) is 0 Å². The molecule has 1 aromatic heterocycles. The Morgan fingerprint density at radius 2 is 2.27 bits per heavy atom. The maximum Gasteiger partial charge on any atom is 0.513 e. The van der Waals surface area contributed by atoms with Gasteiger partial charge < -0.3 is 9.64 Å². The Balaban J connectivity index is 2.20. The maximum atomic E-state index is 13.5. The number of hydrogen-bond acceptors (Lipinski definition) is 4. The Kier molecular flexibility index (Phi) is 3.36. The van der Waals surface area contributed by atoms with Gasteiger partial charge in [-0.3, -0.25) is 4.79 Å². The predicted molar refractivity (Wildman–Crippen MR) is 71.9 cm³/mol. The minimum absolute atomic E-state index is 0.147. The molecule has 0 saturated carbocycles. The molecule has 0 spiro atoms. The summed E-state index contributed by atoms with van der Waals surface area (Å²) in [5.74, 6) is -0.365. The number of rotatable bonds is 1. The fraction of sp³-hybridized carbons (Fsp3) is 0.286. The van der Waals surface area contributed by atoms with Crippen molar-refractivity contribution in [2.24, 2.45) is 0 Å². The van der Waals surface area contributed by atoms with Crippen molar-refractivity contribution in [2.75, 3.05) is 13.7 Å². The molecule has 1 aliphatic rings. The third-order valence-corrected chi connectivity index (χ3v) is 3.42. The van der Waals surface area contributed by atoms with Gasteiger partial charge in [0.2, 0.25) is 0 Å². The average Bonchev–Trinajstić information content (AvgIpc) is 2.86. The van der Waals surface area contributed by atoms with Crippen molar-refractivity contribution < 1.29 is 23.3 Å². The molecule has 114 valence electrons. The van der Waals surface area contributed by atoms with Crippen LogP contribution in [0.15, 0.2) is 24.5 Å². The van der Waals surface area contributed by atoms with E-state index in [-0.39, 0.29) is 24.6 Å². The van der Waals surface area contributed by atoms with Crippen molar-refractivity contribution in [3.8, 4) is 5.69 Å². The van der Waals surface area contributed by atoms with Crippen LogP contribution in [-0.4, -0.2) is 40.3 Å². The minimum Gasteiger partial charge on any atom is -0.435 e. The van der Waals surface area contributed by atoms with E-state index in [1.165, 1.54) is 29.4 Å². The van der Waals surface area contributed by atoms with Crippen LogP contribution in [0, 0.1) is 5.82 Å². The van der Waals surface area contributed by atoms with E-state index in [0.717, 1.165) is 4.68 Å². The Labute approximate surface area is 125 Å². The second-order valence-electron chi connectivity index (χ2n) is 4.85. The second-order valence-corrected chi connectivity index (χ2v) is 4.85. The summed E-state index contributed by atoms with van der Waals surface area (Å²) in [6.45, 7) is 2.06. The van der Waals surface area contributed by atoms with Crippen molar-refractivity contribution in [1.29, 1.82) is 0 Å². The van der Waals surface area contributed by atoms with Gasteiger partial charge in [-0.2, -0.15) is 4.57 Å². The quantitative estimate of drug-likeness (QED) is 0.734. The molecule has 0 radical (unpaired) electrons.